The van der Waals surface area contributed by atoms with Crippen molar-refractivity contribution in [1.29, 1.82) is 0 Å². The molecule has 1 aliphatic heterocycles. The predicted octanol–water partition coefficient (Wildman–Crippen LogP) is 3.11. The predicted molar refractivity (Wildman–Crippen MR) is 69.3 cm³/mol. The maximum absolute atomic E-state index is 11.3. The Morgan fingerprint density at radius 1 is 1.44 bits per heavy atom. The van der Waals surface area contributed by atoms with Gasteiger partial charge in [-0.05, 0) is 17.7 Å². The van der Waals surface area contributed by atoms with Crippen LogP contribution in [-0.2, 0) is 9.53 Å². The van der Waals surface area contributed by atoms with Crippen LogP contribution in [0, 0.1) is 5.41 Å². The van der Waals surface area contributed by atoms with E-state index < -0.39 is 6.10 Å². The quantitative estimate of drug-likeness (QED) is 0.857. The van der Waals surface area contributed by atoms with Gasteiger partial charge in [-0.15, -0.1) is 0 Å². The van der Waals surface area contributed by atoms with Crippen LogP contribution in [0.25, 0.3) is 0 Å². The molecule has 18 heavy (non-hydrogen) atoms. The molecule has 1 aliphatic rings. The summed E-state index contributed by atoms with van der Waals surface area (Å²) in [6.07, 6.45) is -0.0566. The minimum atomic E-state index is -0.641. The first kappa shape index (κ1) is 13.4. The molecule has 0 saturated carbocycles. The normalized spacial score (nSPS) is 23.8. The van der Waals surface area contributed by atoms with Crippen molar-refractivity contribution in [3.8, 4) is 0 Å². The maximum atomic E-state index is 11.3. The Kier molecular flexibility index (Phi) is 3.64. The van der Waals surface area contributed by atoms with Crippen LogP contribution in [0.2, 0.25) is 5.02 Å². The second-order valence-corrected chi connectivity index (χ2v) is 5.88. The van der Waals surface area contributed by atoms with E-state index in [4.69, 9.17) is 16.3 Å². The average Bonchev–Trinajstić information content (AvgIpc) is 2.52. The summed E-state index contributed by atoms with van der Waals surface area (Å²) in [5.74, 6) is -0.187. The highest BCUT2D eigenvalue weighted by atomic mass is 35.5. The Bertz CT molecular complexity index is 439. The van der Waals surface area contributed by atoms with Gasteiger partial charge in [0.25, 0.3) is 0 Å². The van der Waals surface area contributed by atoms with Gasteiger partial charge in [-0.1, -0.05) is 37.6 Å². The lowest BCUT2D eigenvalue weighted by molar-refractivity contribution is -0.142. The molecule has 0 bridgehead atoms. The van der Waals surface area contributed by atoms with Crippen molar-refractivity contribution in [2.45, 2.75) is 38.9 Å². The Morgan fingerprint density at radius 2 is 2.06 bits per heavy atom. The second-order valence-electron chi connectivity index (χ2n) is 5.45. The highest BCUT2D eigenvalue weighted by Gasteiger charge is 2.42. The molecule has 0 radical (unpaired) electrons. The van der Waals surface area contributed by atoms with Gasteiger partial charge in [-0.2, -0.15) is 0 Å². The van der Waals surface area contributed by atoms with Gasteiger partial charge in [0.15, 0.2) is 0 Å². The van der Waals surface area contributed by atoms with Gasteiger partial charge in [-0.25, -0.2) is 0 Å². The number of aliphatic hydroxyl groups excluding tert-OH is 1. The lowest BCUT2D eigenvalue weighted by atomic mass is 9.82. The van der Waals surface area contributed by atoms with Crippen LogP contribution in [0.15, 0.2) is 24.3 Å². The first-order chi connectivity index (χ1) is 8.38. The van der Waals surface area contributed by atoms with E-state index in [1.807, 2.05) is 13.8 Å². The van der Waals surface area contributed by atoms with Gasteiger partial charge in [0.1, 0.15) is 6.10 Å². The summed E-state index contributed by atoms with van der Waals surface area (Å²) in [5.41, 5.74) is 0.572. The first-order valence-electron chi connectivity index (χ1n) is 6.01. The number of carbonyl (C=O) groups excluding carboxylic acids is 1. The topological polar surface area (TPSA) is 46.5 Å². The van der Waals surface area contributed by atoms with Crippen molar-refractivity contribution in [1.82, 2.24) is 0 Å². The van der Waals surface area contributed by atoms with Crippen LogP contribution in [0.1, 0.15) is 38.4 Å². The first-order valence-corrected chi connectivity index (χ1v) is 6.39. The fraction of sp³-hybridized carbons (Fsp3) is 0.500. The minimum Gasteiger partial charge on any atom is -0.462 e. The summed E-state index contributed by atoms with van der Waals surface area (Å²) < 4.78 is 5.27. The summed E-state index contributed by atoms with van der Waals surface area (Å²) in [4.78, 5) is 11.3. The fourth-order valence-electron chi connectivity index (χ4n) is 2.24. The van der Waals surface area contributed by atoms with E-state index in [9.17, 15) is 9.90 Å². The van der Waals surface area contributed by atoms with Crippen molar-refractivity contribution in [2.24, 2.45) is 5.41 Å². The summed E-state index contributed by atoms with van der Waals surface area (Å²) in [5, 5.41) is 10.8. The molecule has 2 atom stereocenters. The Morgan fingerprint density at radius 3 is 2.56 bits per heavy atom. The average molecular weight is 269 g/mol. The van der Waals surface area contributed by atoms with Gasteiger partial charge in [-0.3, -0.25) is 4.79 Å². The summed E-state index contributed by atoms with van der Waals surface area (Å²) in [7, 11) is 0. The molecular weight excluding hydrogens is 252 g/mol. The standard InChI is InChI=1S/C14H17ClO3/c1-14(2)8-13(17)18-12(14)7-11(16)9-3-5-10(15)6-4-9/h3-6,11-12,16H,7-8H2,1-2H3. The van der Waals surface area contributed by atoms with E-state index >= 15 is 0 Å². The van der Waals surface area contributed by atoms with Gasteiger partial charge < -0.3 is 9.84 Å². The molecule has 0 spiro atoms. The molecule has 3 nitrogen and oxygen atoms in total. The second kappa shape index (κ2) is 4.90. The molecule has 1 heterocycles. The van der Waals surface area contributed by atoms with Crippen molar-refractivity contribution in [3.05, 3.63) is 34.9 Å². The van der Waals surface area contributed by atoms with Crippen LogP contribution in [-0.4, -0.2) is 17.2 Å². The van der Waals surface area contributed by atoms with Gasteiger partial charge in [0, 0.05) is 16.9 Å². The third-order valence-electron chi connectivity index (χ3n) is 3.44. The molecule has 1 aromatic rings. The van der Waals surface area contributed by atoms with E-state index in [-0.39, 0.29) is 17.5 Å². The largest absolute Gasteiger partial charge is 0.462 e. The molecule has 1 fully saturated rings. The lowest BCUT2D eigenvalue weighted by Crippen LogP contribution is -2.26. The van der Waals surface area contributed by atoms with Gasteiger partial charge >= 0.3 is 5.97 Å². The summed E-state index contributed by atoms with van der Waals surface area (Å²) in [6.45, 7) is 3.97. The molecule has 98 valence electrons. The highest BCUT2D eigenvalue weighted by Crippen LogP contribution is 2.39. The number of aliphatic hydroxyl groups is 1. The summed E-state index contributed by atoms with van der Waals surface area (Å²) >= 11 is 5.80. The highest BCUT2D eigenvalue weighted by molar-refractivity contribution is 6.30. The third-order valence-corrected chi connectivity index (χ3v) is 3.69. The van der Waals surface area contributed by atoms with E-state index in [0.717, 1.165) is 5.56 Å². The van der Waals surface area contributed by atoms with Crippen molar-refractivity contribution in [2.75, 3.05) is 0 Å². The number of halogens is 1. The fourth-order valence-corrected chi connectivity index (χ4v) is 2.36. The Labute approximate surface area is 112 Å². The van der Waals surface area contributed by atoms with Crippen molar-refractivity contribution >= 4 is 17.6 Å². The maximum Gasteiger partial charge on any atom is 0.306 e. The van der Waals surface area contributed by atoms with Crippen LogP contribution >= 0.6 is 11.6 Å². The van der Waals surface area contributed by atoms with E-state index in [2.05, 4.69) is 0 Å². The lowest BCUT2D eigenvalue weighted by Gasteiger charge is -2.25. The third kappa shape index (κ3) is 2.85. The number of hydrogen-bond acceptors (Lipinski definition) is 3. The molecule has 0 aliphatic carbocycles. The molecular formula is C14H17ClO3. The van der Waals surface area contributed by atoms with Crippen molar-refractivity contribution < 1.29 is 14.6 Å². The molecule has 1 aromatic carbocycles. The van der Waals surface area contributed by atoms with E-state index in [1.54, 1.807) is 24.3 Å². The molecule has 0 aromatic heterocycles. The van der Waals surface area contributed by atoms with Gasteiger partial charge in [0.2, 0.25) is 0 Å². The SMILES string of the molecule is CC1(C)CC(=O)OC1CC(O)c1ccc(Cl)cc1. The number of cyclic esters (lactones) is 1. The van der Waals surface area contributed by atoms with Crippen molar-refractivity contribution in [3.63, 3.8) is 0 Å². The molecule has 2 rings (SSSR count). The minimum absolute atomic E-state index is 0.187. The molecule has 1 saturated heterocycles. The number of benzene rings is 1. The number of esters is 1. The smallest absolute Gasteiger partial charge is 0.306 e. The zero-order valence-corrected chi connectivity index (χ0v) is 11.3. The summed E-state index contributed by atoms with van der Waals surface area (Å²) in [6, 6.07) is 7.06. The van der Waals surface area contributed by atoms with Crippen LogP contribution in [0.5, 0.6) is 0 Å². The van der Waals surface area contributed by atoms with Crippen LogP contribution < -0.4 is 0 Å². The number of ether oxygens (including phenoxy) is 1. The van der Waals surface area contributed by atoms with E-state index in [1.165, 1.54) is 0 Å². The Hall–Kier alpha value is -1.06. The number of rotatable bonds is 3. The molecule has 0 amide bonds. The Balaban J connectivity index is 2.05. The molecule has 4 heteroatoms. The van der Waals surface area contributed by atoms with E-state index in [0.29, 0.717) is 17.9 Å². The number of hydrogen-bond donors (Lipinski definition) is 1. The zero-order valence-electron chi connectivity index (χ0n) is 10.5. The van der Waals surface area contributed by atoms with Crippen LogP contribution in [0.4, 0.5) is 0 Å². The van der Waals surface area contributed by atoms with Gasteiger partial charge in [0.05, 0.1) is 12.5 Å². The molecule has 1 N–H and O–H groups in total. The number of carbonyl (C=O) groups is 1. The monoisotopic (exact) mass is 268 g/mol. The molecule has 2 unspecified atom stereocenters. The van der Waals surface area contributed by atoms with Crippen LogP contribution in [0.3, 0.4) is 0 Å². The zero-order chi connectivity index (χ0) is 13.3.